The van der Waals surface area contributed by atoms with Gasteiger partial charge in [0.1, 0.15) is 0 Å². The lowest BCUT2D eigenvalue weighted by molar-refractivity contribution is -0.137. The molecule has 0 unspecified atom stereocenters. The van der Waals surface area contributed by atoms with Gasteiger partial charge in [0, 0.05) is 33.6 Å². The number of carboxylic acid groups (broad SMARTS) is 1. The third-order valence-electron chi connectivity index (χ3n) is 2.04. The molecule has 0 aromatic rings. The van der Waals surface area contributed by atoms with E-state index in [0.29, 0.717) is 19.5 Å². The average molecular weight is 228 g/mol. The normalized spacial score (nSPS) is 9.69. The number of likely N-dealkylation sites (N-methyl/N-ethyl adjacent to an activating group) is 1. The quantitative estimate of drug-likeness (QED) is 0.699. The molecule has 0 spiro atoms. The molecule has 1 N–H and O–H groups in total. The summed E-state index contributed by atoms with van der Waals surface area (Å²) in [5.74, 6) is -0.837. The molecule has 0 bridgehead atoms. The molecule has 0 heterocycles. The summed E-state index contributed by atoms with van der Waals surface area (Å²) in [6.45, 7) is 6.55. The van der Waals surface area contributed by atoms with Crippen LogP contribution in [0.1, 0.15) is 19.8 Å². The van der Waals surface area contributed by atoms with E-state index in [1.807, 2.05) is 6.92 Å². The summed E-state index contributed by atoms with van der Waals surface area (Å²) < 4.78 is 0. The second kappa shape index (κ2) is 6.87. The van der Waals surface area contributed by atoms with E-state index in [1.165, 1.54) is 4.90 Å². The van der Waals surface area contributed by atoms with Crippen LogP contribution in [0, 0.1) is 0 Å². The van der Waals surface area contributed by atoms with Gasteiger partial charge in [-0.3, -0.25) is 4.79 Å². The zero-order chi connectivity index (χ0) is 12.7. The summed E-state index contributed by atoms with van der Waals surface area (Å²) in [5.41, 5.74) is 0.912. The van der Waals surface area contributed by atoms with Gasteiger partial charge >= 0.3 is 12.0 Å². The number of aliphatic carboxylic acids is 1. The van der Waals surface area contributed by atoms with Crippen molar-refractivity contribution in [1.29, 1.82) is 0 Å². The van der Waals surface area contributed by atoms with Gasteiger partial charge in [-0.25, -0.2) is 4.79 Å². The molecular weight excluding hydrogens is 208 g/mol. The van der Waals surface area contributed by atoms with Gasteiger partial charge in [-0.2, -0.15) is 0 Å². The van der Waals surface area contributed by atoms with E-state index >= 15 is 0 Å². The van der Waals surface area contributed by atoms with Gasteiger partial charge in [0.25, 0.3) is 0 Å². The van der Waals surface area contributed by atoms with Crippen molar-refractivity contribution in [2.45, 2.75) is 19.8 Å². The summed E-state index contributed by atoms with van der Waals surface area (Å²) in [6, 6.07) is -0.117. The van der Waals surface area contributed by atoms with Gasteiger partial charge in [0.15, 0.2) is 0 Å². The number of amides is 2. The summed E-state index contributed by atoms with van der Waals surface area (Å²) in [4.78, 5) is 25.1. The zero-order valence-electron chi connectivity index (χ0n) is 10.2. The number of hydrogen-bond donors (Lipinski definition) is 1. The molecule has 0 fully saturated rings. The van der Waals surface area contributed by atoms with Gasteiger partial charge < -0.3 is 14.9 Å². The molecule has 5 nitrogen and oxygen atoms in total. The second-order valence-corrected chi connectivity index (χ2v) is 4.01. The summed E-state index contributed by atoms with van der Waals surface area (Å²) in [6.07, 6.45) is 0.556. The third-order valence-corrected chi connectivity index (χ3v) is 2.04. The predicted octanol–water partition coefficient (Wildman–Crippen LogP) is 1.41. The lowest BCUT2D eigenvalue weighted by Gasteiger charge is -2.24. The van der Waals surface area contributed by atoms with Gasteiger partial charge in [0.05, 0.1) is 0 Å². The van der Waals surface area contributed by atoms with Crippen LogP contribution < -0.4 is 0 Å². The number of carbonyl (C=O) groups excluding carboxylic acids is 1. The molecule has 0 aliphatic heterocycles. The van der Waals surface area contributed by atoms with Gasteiger partial charge in [-0.05, 0) is 13.3 Å². The SMILES string of the molecule is C=C(C)CN(C)C(=O)N(C)CCCC(=O)O. The topological polar surface area (TPSA) is 60.9 Å². The van der Waals surface area contributed by atoms with E-state index in [0.717, 1.165) is 5.57 Å². The van der Waals surface area contributed by atoms with Crippen molar-refractivity contribution < 1.29 is 14.7 Å². The van der Waals surface area contributed by atoms with Gasteiger partial charge in [0.2, 0.25) is 0 Å². The van der Waals surface area contributed by atoms with Crippen LogP contribution in [0.25, 0.3) is 0 Å². The van der Waals surface area contributed by atoms with E-state index in [2.05, 4.69) is 6.58 Å². The fraction of sp³-hybridized carbons (Fsp3) is 0.636. The second-order valence-electron chi connectivity index (χ2n) is 4.01. The maximum absolute atomic E-state index is 11.7. The highest BCUT2D eigenvalue weighted by molar-refractivity contribution is 5.74. The molecule has 0 aliphatic carbocycles. The molecular formula is C11H20N2O3. The summed E-state index contributed by atoms with van der Waals surface area (Å²) >= 11 is 0. The minimum Gasteiger partial charge on any atom is -0.481 e. The number of carboxylic acids is 1. The van der Waals surface area contributed by atoms with Crippen LogP contribution in [-0.4, -0.2) is 54.1 Å². The monoisotopic (exact) mass is 228 g/mol. The van der Waals surface area contributed by atoms with Crippen LogP contribution in [0.15, 0.2) is 12.2 Å². The Morgan fingerprint density at radius 3 is 2.25 bits per heavy atom. The minimum atomic E-state index is -0.837. The lowest BCUT2D eigenvalue weighted by Crippen LogP contribution is -2.39. The standard InChI is InChI=1S/C11H20N2O3/c1-9(2)8-13(4)11(16)12(3)7-5-6-10(14)15/h1,5-8H2,2-4H3,(H,14,15). The number of carbonyl (C=O) groups is 2. The zero-order valence-corrected chi connectivity index (χ0v) is 10.2. The van der Waals surface area contributed by atoms with E-state index in [-0.39, 0.29) is 12.5 Å². The maximum Gasteiger partial charge on any atom is 0.319 e. The van der Waals surface area contributed by atoms with Crippen LogP contribution in [0.3, 0.4) is 0 Å². The smallest absolute Gasteiger partial charge is 0.319 e. The van der Waals surface area contributed by atoms with Crippen LogP contribution in [0.2, 0.25) is 0 Å². The van der Waals surface area contributed by atoms with Crippen molar-refractivity contribution in [2.75, 3.05) is 27.2 Å². The number of urea groups is 1. The van der Waals surface area contributed by atoms with Crippen molar-refractivity contribution in [3.8, 4) is 0 Å². The Balaban J connectivity index is 3.97. The van der Waals surface area contributed by atoms with Crippen LogP contribution in [-0.2, 0) is 4.79 Å². The summed E-state index contributed by atoms with van der Waals surface area (Å²) in [7, 11) is 3.36. The molecule has 0 atom stereocenters. The Bertz CT molecular complexity index is 276. The Morgan fingerprint density at radius 1 is 1.25 bits per heavy atom. The predicted molar refractivity (Wildman–Crippen MR) is 62.3 cm³/mol. The highest BCUT2D eigenvalue weighted by Gasteiger charge is 2.13. The number of hydrogen-bond acceptors (Lipinski definition) is 2. The Hall–Kier alpha value is -1.52. The molecule has 0 aromatic heterocycles. The van der Waals surface area contributed by atoms with Crippen LogP contribution >= 0.6 is 0 Å². The first-order chi connectivity index (χ1) is 7.34. The van der Waals surface area contributed by atoms with E-state index in [4.69, 9.17) is 5.11 Å². The molecule has 0 saturated carbocycles. The van der Waals surface area contributed by atoms with E-state index in [1.54, 1.807) is 19.0 Å². The molecule has 0 radical (unpaired) electrons. The van der Waals surface area contributed by atoms with Crippen LogP contribution in [0.4, 0.5) is 4.79 Å². The molecule has 0 saturated heterocycles. The number of rotatable bonds is 6. The van der Waals surface area contributed by atoms with Crippen molar-refractivity contribution in [2.24, 2.45) is 0 Å². The molecule has 16 heavy (non-hydrogen) atoms. The van der Waals surface area contributed by atoms with E-state index in [9.17, 15) is 9.59 Å². The van der Waals surface area contributed by atoms with Gasteiger partial charge in [-0.15, -0.1) is 0 Å². The molecule has 0 rings (SSSR count). The molecule has 5 heteroatoms. The average Bonchev–Trinajstić information content (AvgIpc) is 2.14. The number of nitrogens with zero attached hydrogens (tertiary/aromatic N) is 2. The van der Waals surface area contributed by atoms with Crippen molar-refractivity contribution in [1.82, 2.24) is 9.80 Å². The molecule has 92 valence electrons. The van der Waals surface area contributed by atoms with Crippen molar-refractivity contribution in [3.63, 3.8) is 0 Å². The first kappa shape index (κ1) is 14.5. The lowest BCUT2D eigenvalue weighted by atomic mass is 10.3. The summed E-state index contributed by atoms with van der Waals surface area (Å²) in [5, 5.41) is 8.47. The molecule has 2 amide bonds. The molecule has 0 aliphatic rings. The largest absolute Gasteiger partial charge is 0.481 e. The maximum atomic E-state index is 11.7. The Morgan fingerprint density at radius 2 is 1.81 bits per heavy atom. The first-order valence-electron chi connectivity index (χ1n) is 5.17. The third kappa shape index (κ3) is 6.06. The Kier molecular flexibility index (Phi) is 6.22. The molecule has 0 aromatic carbocycles. The van der Waals surface area contributed by atoms with Gasteiger partial charge in [-0.1, -0.05) is 12.2 Å². The fourth-order valence-electron chi connectivity index (χ4n) is 1.33. The van der Waals surface area contributed by atoms with Crippen molar-refractivity contribution >= 4 is 12.0 Å². The Labute approximate surface area is 96.3 Å². The van der Waals surface area contributed by atoms with Crippen LogP contribution in [0.5, 0.6) is 0 Å². The van der Waals surface area contributed by atoms with E-state index < -0.39 is 5.97 Å². The highest BCUT2D eigenvalue weighted by Crippen LogP contribution is 2.00. The highest BCUT2D eigenvalue weighted by atomic mass is 16.4. The van der Waals surface area contributed by atoms with Crippen molar-refractivity contribution in [3.05, 3.63) is 12.2 Å². The fourth-order valence-corrected chi connectivity index (χ4v) is 1.33. The first-order valence-corrected chi connectivity index (χ1v) is 5.17. The minimum absolute atomic E-state index is 0.0851.